The largest absolute Gasteiger partial charge is 0.339 e. The lowest BCUT2D eigenvalue weighted by molar-refractivity contribution is 0.252. The number of hydrogen-bond donors (Lipinski definition) is 2. The molecule has 0 saturated carbocycles. The van der Waals surface area contributed by atoms with Crippen LogP contribution in [-0.2, 0) is 0 Å². The summed E-state index contributed by atoms with van der Waals surface area (Å²) in [5.41, 5.74) is 4.69. The molecule has 0 aliphatic heterocycles. The Morgan fingerprint density at radius 3 is 2.55 bits per heavy atom. The standard InChI is InChI=1S/C15H14ClN3O/c1-11(12-6-5-7-13(16)10-12)18-19-15(20)17-14-8-3-2-4-9-14/h2-10H,1H3,(H2,17,19,20)/b18-11-. The number of benzene rings is 2. The van der Waals surface area contributed by atoms with Gasteiger partial charge in [-0.2, -0.15) is 5.10 Å². The lowest BCUT2D eigenvalue weighted by atomic mass is 10.1. The molecule has 0 aromatic heterocycles. The van der Waals surface area contributed by atoms with Crippen molar-refractivity contribution in [3.8, 4) is 0 Å². The van der Waals surface area contributed by atoms with E-state index in [1.54, 1.807) is 31.2 Å². The predicted molar refractivity (Wildman–Crippen MR) is 82.3 cm³/mol. The summed E-state index contributed by atoms with van der Waals surface area (Å²) in [6.07, 6.45) is 0. The second kappa shape index (κ2) is 6.73. The van der Waals surface area contributed by atoms with Gasteiger partial charge in [0.25, 0.3) is 0 Å². The van der Waals surface area contributed by atoms with Crippen molar-refractivity contribution in [3.63, 3.8) is 0 Å². The molecule has 5 heteroatoms. The summed E-state index contributed by atoms with van der Waals surface area (Å²) >= 11 is 5.90. The van der Waals surface area contributed by atoms with E-state index in [1.165, 1.54) is 0 Å². The predicted octanol–water partition coefficient (Wildman–Crippen LogP) is 3.89. The summed E-state index contributed by atoms with van der Waals surface area (Å²) < 4.78 is 0. The van der Waals surface area contributed by atoms with Crippen molar-refractivity contribution >= 4 is 29.0 Å². The summed E-state index contributed by atoms with van der Waals surface area (Å²) in [5.74, 6) is 0. The van der Waals surface area contributed by atoms with Crippen LogP contribution in [0.4, 0.5) is 10.5 Å². The van der Waals surface area contributed by atoms with Crippen LogP contribution in [0, 0.1) is 0 Å². The second-order valence-electron chi connectivity index (χ2n) is 4.14. The number of rotatable bonds is 3. The first kappa shape index (κ1) is 14.1. The number of amides is 2. The van der Waals surface area contributed by atoms with Crippen molar-refractivity contribution in [1.29, 1.82) is 0 Å². The fourth-order valence-electron chi connectivity index (χ4n) is 1.59. The van der Waals surface area contributed by atoms with Gasteiger partial charge in [-0.05, 0) is 36.8 Å². The maximum Gasteiger partial charge on any atom is 0.339 e. The number of carbonyl (C=O) groups is 1. The number of hydrogen-bond acceptors (Lipinski definition) is 2. The Morgan fingerprint density at radius 1 is 1.10 bits per heavy atom. The van der Waals surface area contributed by atoms with Gasteiger partial charge >= 0.3 is 6.03 Å². The van der Waals surface area contributed by atoms with Gasteiger partial charge in [0, 0.05) is 10.7 Å². The average molecular weight is 288 g/mol. The third-order valence-electron chi connectivity index (χ3n) is 2.60. The highest BCUT2D eigenvalue weighted by Gasteiger charge is 2.01. The van der Waals surface area contributed by atoms with Gasteiger partial charge < -0.3 is 5.32 Å². The molecule has 2 aromatic rings. The third kappa shape index (κ3) is 4.10. The van der Waals surface area contributed by atoms with E-state index in [-0.39, 0.29) is 0 Å². The zero-order chi connectivity index (χ0) is 14.4. The quantitative estimate of drug-likeness (QED) is 0.653. The minimum Gasteiger partial charge on any atom is -0.307 e. The number of urea groups is 1. The Labute approximate surface area is 122 Å². The van der Waals surface area contributed by atoms with E-state index in [2.05, 4.69) is 15.8 Å². The maximum atomic E-state index is 11.7. The summed E-state index contributed by atoms with van der Waals surface area (Å²) in [5, 5.41) is 7.33. The van der Waals surface area contributed by atoms with E-state index >= 15 is 0 Å². The van der Waals surface area contributed by atoms with Crippen molar-refractivity contribution in [2.75, 3.05) is 5.32 Å². The molecule has 0 bridgehead atoms. The number of hydrazone groups is 1. The lowest BCUT2D eigenvalue weighted by Gasteiger charge is -2.05. The fourth-order valence-corrected chi connectivity index (χ4v) is 1.78. The SMILES string of the molecule is C/C(=N/NC(=O)Nc1ccccc1)c1cccc(Cl)c1. The minimum atomic E-state index is -0.391. The van der Waals surface area contributed by atoms with Crippen molar-refractivity contribution in [2.45, 2.75) is 6.92 Å². The van der Waals surface area contributed by atoms with Gasteiger partial charge in [0.05, 0.1) is 5.71 Å². The Balaban J connectivity index is 1.97. The van der Waals surface area contributed by atoms with Crippen LogP contribution in [0.2, 0.25) is 5.02 Å². The molecule has 0 heterocycles. The molecule has 0 fully saturated rings. The minimum absolute atomic E-state index is 0.391. The molecule has 2 N–H and O–H groups in total. The molecule has 4 nitrogen and oxygen atoms in total. The molecule has 0 atom stereocenters. The molecule has 0 saturated heterocycles. The van der Waals surface area contributed by atoms with E-state index < -0.39 is 6.03 Å². The van der Waals surface area contributed by atoms with Crippen molar-refractivity contribution in [3.05, 3.63) is 65.2 Å². The summed E-state index contributed by atoms with van der Waals surface area (Å²) in [6, 6.07) is 16.1. The van der Waals surface area contributed by atoms with Crippen LogP contribution in [0.25, 0.3) is 0 Å². The number of halogens is 1. The van der Waals surface area contributed by atoms with Crippen molar-refractivity contribution < 1.29 is 4.79 Å². The van der Waals surface area contributed by atoms with Crippen LogP contribution in [0.1, 0.15) is 12.5 Å². The number of nitrogens with zero attached hydrogens (tertiary/aromatic N) is 1. The maximum absolute atomic E-state index is 11.7. The third-order valence-corrected chi connectivity index (χ3v) is 2.83. The molecule has 2 amide bonds. The van der Waals surface area contributed by atoms with Gasteiger partial charge in [0.15, 0.2) is 0 Å². The van der Waals surface area contributed by atoms with Gasteiger partial charge in [0.2, 0.25) is 0 Å². The van der Waals surface area contributed by atoms with E-state index in [0.717, 1.165) is 5.56 Å². The molecular weight excluding hydrogens is 274 g/mol. The van der Waals surface area contributed by atoms with Crippen LogP contribution in [0.5, 0.6) is 0 Å². The number of carbonyl (C=O) groups excluding carboxylic acids is 1. The van der Waals surface area contributed by atoms with Gasteiger partial charge in [-0.3, -0.25) is 0 Å². The molecule has 0 aliphatic rings. The normalized spacial score (nSPS) is 11.0. The highest BCUT2D eigenvalue weighted by Crippen LogP contribution is 2.11. The topological polar surface area (TPSA) is 53.5 Å². The van der Waals surface area contributed by atoms with Gasteiger partial charge in [0.1, 0.15) is 0 Å². The Kier molecular flexibility index (Phi) is 4.74. The smallest absolute Gasteiger partial charge is 0.307 e. The molecule has 0 radical (unpaired) electrons. The van der Waals surface area contributed by atoms with Crippen LogP contribution < -0.4 is 10.7 Å². The monoisotopic (exact) mass is 287 g/mol. The second-order valence-corrected chi connectivity index (χ2v) is 4.58. The lowest BCUT2D eigenvalue weighted by Crippen LogP contribution is -2.25. The van der Waals surface area contributed by atoms with Gasteiger partial charge in [-0.1, -0.05) is 41.9 Å². The molecule has 102 valence electrons. The molecule has 2 aromatic carbocycles. The number of nitrogens with one attached hydrogen (secondary N) is 2. The Morgan fingerprint density at radius 2 is 1.85 bits per heavy atom. The molecule has 0 aliphatic carbocycles. The number of para-hydroxylation sites is 1. The first-order valence-electron chi connectivity index (χ1n) is 6.07. The zero-order valence-corrected chi connectivity index (χ0v) is 11.7. The number of anilines is 1. The van der Waals surface area contributed by atoms with Crippen LogP contribution in [0.3, 0.4) is 0 Å². The Bertz CT molecular complexity index is 626. The first-order valence-corrected chi connectivity index (χ1v) is 6.45. The van der Waals surface area contributed by atoms with Crippen LogP contribution in [-0.4, -0.2) is 11.7 Å². The molecule has 0 spiro atoms. The molecular formula is C15H14ClN3O. The van der Waals surface area contributed by atoms with E-state index in [1.807, 2.05) is 30.3 Å². The fraction of sp³-hybridized carbons (Fsp3) is 0.0667. The molecule has 0 unspecified atom stereocenters. The van der Waals surface area contributed by atoms with Crippen molar-refractivity contribution in [1.82, 2.24) is 5.43 Å². The molecule has 2 rings (SSSR count). The summed E-state index contributed by atoms with van der Waals surface area (Å²) in [6.45, 7) is 1.80. The summed E-state index contributed by atoms with van der Waals surface area (Å²) in [7, 11) is 0. The van der Waals surface area contributed by atoms with Gasteiger partial charge in [-0.15, -0.1) is 0 Å². The van der Waals surface area contributed by atoms with E-state index in [0.29, 0.717) is 16.4 Å². The van der Waals surface area contributed by atoms with Gasteiger partial charge in [-0.25, -0.2) is 10.2 Å². The molecule has 20 heavy (non-hydrogen) atoms. The van der Waals surface area contributed by atoms with Crippen LogP contribution >= 0.6 is 11.6 Å². The first-order chi connectivity index (χ1) is 9.65. The highest BCUT2D eigenvalue weighted by atomic mass is 35.5. The van der Waals surface area contributed by atoms with E-state index in [9.17, 15) is 4.79 Å². The highest BCUT2D eigenvalue weighted by molar-refractivity contribution is 6.31. The average Bonchev–Trinajstić information content (AvgIpc) is 2.46. The summed E-state index contributed by atoms with van der Waals surface area (Å²) in [4.78, 5) is 11.7. The van der Waals surface area contributed by atoms with Crippen molar-refractivity contribution in [2.24, 2.45) is 5.10 Å². The van der Waals surface area contributed by atoms with Crippen LogP contribution in [0.15, 0.2) is 59.7 Å². The zero-order valence-electron chi connectivity index (χ0n) is 10.9. The Hall–Kier alpha value is -2.33. The van der Waals surface area contributed by atoms with E-state index in [4.69, 9.17) is 11.6 Å².